The zero-order chi connectivity index (χ0) is 31.0. The van der Waals surface area contributed by atoms with Crippen LogP contribution in [0.15, 0.2) is 49.1 Å². The quantitative estimate of drug-likeness (QED) is 0.358. The van der Waals surface area contributed by atoms with Crippen LogP contribution in [0.1, 0.15) is 67.7 Å². The Labute approximate surface area is 265 Å². The lowest BCUT2D eigenvalue weighted by Gasteiger charge is -2.45. The Morgan fingerprint density at radius 3 is 2.61 bits per heavy atom. The fourth-order valence-corrected chi connectivity index (χ4v) is 6.68. The number of benzene rings is 1. The summed E-state index contributed by atoms with van der Waals surface area (Å²) >= 11 is 6.46. The third-order valence-corrected chi connectivity index (χ3v) is 9.05. The Morgan fingerprint density at radius 1 is 1.09 bits per heavy atom. The molecule has 3 heterocycles. The molecule has 1 aromatic carbocycles. The summed E-state index contributed by atoms with van der Waals surface area (Å²) in [5.41, 5.74) is 4.85. The van der Waals surface area contributed by atoms with Gasteiger partial charge in [0.05, 0.1) is 23.8 Å². The van der Waals surface area contributed by atoms with Crippen LogP contribution in [-0.2, 0) is 28.9 Å². The van der Waals surface area contributed by atoms with Crippen molar-refractivity contribution < 1.29 is 14.3 Å². The van der Waals surface area contributed by atoms with Gasteiger partial charge < -0.3 is 14.2 Å². The second kappa shape index (κ2) is 12.5. The minimum Gasteiger partial charge on any atom is -0.444 e. The van der Waals surface area contributed by atoms with Gasteiger partial charge in [-0.25, -0.2) is 9.78 Å². The van der Waals surface area contributed by atoms with Crippen LogP contribution in [0.2, 0.25) is 5.02 Å². The van der Waals surface area contributed by atoms with E-state index in [-0.39, 0.29) is 11.9 Å². The van der Waals surface area contributed by atoms with Crippen molar-refractivity contribution in [1.29, 1.82) is 0 Å². The summed E-state index contributed by atoms with van der Waals surface area (Å²) in [7, 11) is 0. The predicted octanol–water partition coefficient (Wildman–Crippen LogP) is 5.29. The third-order valence-electron chi connectivity index (χ3n) is 8.82. The Kier molecular flexibility index (Phi) is 8.70. The van der Waals surface area contributed by atoms with Crippen LogP contribution >= 0.6 is 11.6 Å². The largest absolute Gasteiger partial charge is 0.444 e. The molecule has 3 aliphatic rings. The number of ether oxygens (including phenoxy) is 1. The number of fused-ring (bicyclic) bond motifs is 2. The van der Waals surface area contributed by atoms with Gasteiger partial charge in [0.15, 0.2) is 0 Å². The lowest BCUT2D eigenvalue weighted by atomic mass is 9.95. The second-order valence-corrected chi connectivity index (χ2v) is 13.9. The maximum Gasteiger partial charge on any atom is 0.411 e. The van der Waals surface area contributed by atoms with Crippen molar-refractivity contribution in [2.24, 2.45) is 5.92 Å². The number of hydrogen-bond acceptors (Lipinski definition) is 6. The first-order valence-electron chi connectivity index (χ1n) is 15.8. The van der Waals surface area contributed by atoms with E-state index >= 15 is 0 Å². The Morgan fingerprint density at radius 2 is 1.89 bits per heavy atom. The number of aromatic nitrogens is 3. The molecule has 2 aromatic heterocycles. The van der Waals surface area contributed by atoms with E-state index in [1.807, 2.05) is 68.0 Å². The molecule has 0 radical (unpaired) electrons. The molecule has 0 spiro atoms. The lowest BCUT2D eigenvalue weighted by Crippen LogP contribution is -2.62. The van der Waals surface area contributed by atoms with Crippen molar-refractivity contribution in [3.8, 4) is 0 Å². The molecule has 0 N–H and O–H groups in total. The minimum atomic E-state index is -0.687. The van der Waals surface area contributed by atoms with Crippen LogP contribution in [0.4, 0.5) is 4.79 Å². The van der Waals surface area contributed by atoms with E-state index in [0.29, 0.717) is 50.2 Å². The highest BCUT2D eigenvalue weighted by Gasteiger charge is 2.43. The number of piperazine rings is 1. The summed E-state index contributed by atoms with van der Waals surface area (Å²) in [5, 5.41) is 0.716. The van der Waals surface area contributed by atoms with Gasteiger partial charge in [-0.05, 0) is 94.2 Å². The lowest BCUT2D eigenvalue weighted by molar-refractivity contribution is -0.140. The highest BCUT2D eigenvalue weighted by Crippen LogP contribution is 2.38. The van der Waals surface area contributed by atoms with Crippen LogP contribution in [0.25, 0.3) is 0 Å². The molecule has 1 saturated heterocycles. The average Bonchev–Trinajstić information content (AvgIpc) is 3.74. The van der Waals surface area contributed by atoms with Gasteiger partial charge in [0, 0.05) is 56.7 Å². The summed E-state index contributed by atoms with van der Waals surface area (Å²) in [5.74, 6) is 0.475. The molecule has 10 heteroatoms. The molecule has 0 unspecified atom stereocenters. The summed E-state index contributed by atoms with van der Waals surface area (Å²) in [6, 6.07) is 9.41. The summed E-state index contributed by atoms with van der Waals surface area (Å²) in [4.78, 5) is 43.4. The Hall–Kier alpha value is -3.43. The zero-order valence-electron chi connectivity index (χ0n) is 26.2. The first-order chi connectivity index (χ1) is 21.1. The van der Waals surface area contributed by atoms with Crippen LogP contribution < -0.4 is 0 Å². The molecule has 6 rings (SSSR count). The number of aryl methyl sites for hydroxylation is 3. The standard InChI is InChI=1S/C34H43ClN6O3/c1-23-19-38(22-37-23)14-15-40(20-24-7-8-24)32(42)29-21-39(16-17-41(29)33(43)44-34(2,3)4)31-28-12-11-27(35)18-26(28)10-9-25-6-5-13-36-30(25)31/h5-6,11-13,18-19,22,24,29,31H,7-10,14-17,20-21H2,1-4H3/t29-,31+/m1/s1. The van der Waals surface area contributed by atoms with Crippen molar-refractivity contribution >= 4 is 23.6 Å². The number of rotatable bonds is 7. The fourth-order valence-electron chi connectivity index (χ4n) is 6.49. The molecule has 2 atom stereocenters. The van der Waals surface area contributed by atoms with Crippen molar-refractivity contribution in [2.45, 2.75) is 77.6 Å². The van der Waals surface area contributed by atoms with E-state index in [1.165, 1.54) is 11.1 Å². The molecular formula is C34H43ClN6O3. The summed E-state index contributed by atoms with van der Waals surface area (Å²) in [6.07, 6.45) is 9.21. The smallest absolute Gasteiger partial charge is 0.411 e. The SMILES string of the molecule is Cc1cn(CCN(CC2CC2)C(=O)[C@H]2CN([C@H]3c4ccc(Cl)cc4CCc4cccnc43)CCN2C(=O)OC(C)(C)C)cn1. The number of amides is 2. The highest BCUT2D eigenvalue weighted by atomic mass is 35.5. The number of halogens is 1. The average molecular weight is 619 g/mol. The van der Waals surface area contributed by atoms with Crippen molar-refractivity contribution in [3.05, 3.63) is 82.2 Å². The van der Waals surface area contributed by atoms with Crippen molar-refractivity contribution in [2.75, 3.05) is 32.7 Å². The molecule has 0 bridgehead atoms. The molecule has 1 aliphatic heterocycles. The number of carbonyl (C=O) groups is 2. The number of hydrogen-bond donors (Lipinski definition) is 0. The van der Waals surface area contributed by atoms with Gasteiger partial charge in [-0.1, -0.05) is 23.7 Å². The Bertz CT molecular complexity index is 1510. The van der Waals surface area contributed by atoms with E-state index in [2.05, 4.69) is 28.1 Å². The normalized spacial score (nSPS) is 20.4. The molecule has 1 saturated carbocycles. The van der Waals surface area contributed by atoms with Gasteiger partial charge in [0.1, 0.15) is 11.6 Å². The van der Waals surface area contributed by atoms with Gasteiger partial charge in [0.2, 0.25) is 5.91 Å². The maximum atomic E-state index is 14.6. The monoisotopic (exact) mass is 618 g/mol. The molecule has 44 heavy (non-hydrogen) atoms. The number of pyridine rings is 1. The zero-order valence-corrected chi connectivity index (χ0v) is 27.0. The number of carbonyl (C=O) groups excluding carboxylic acids is 2. The van der Waals surface area contributed by atoms with Crippen molar-refractivity contribution in [3.63, 3.8) is 0 Å². The maximum absolute atomic E-state index is 14.6. The first kappa shape index (κ1) is 30.6. The second-order valence-electron chi connectivity index (χ2n) is 13.5. The Balaban J connectivity index is 1.33. The van der Waals surface area contributed by atoms with Crippen molar-refractivity contribution in [1.82, 2.24) is 29.2 Å². The first-order valence-corrected chi connectivity index (χ1v) is 16.2. The molecule has 234 valence electrons. The van der Waals surface area contributed by atoms with Crippen LogP contribution in [-0.4, -0.2) is 85.6 Å². The van der Waals surface area contributed by atoms with E-state index in [1.54, 1.807) is 4.90 Å². The third kappa shape index (κ3) is 6.94. The van der Waals surface area contributed by atoms with E-state index in [0.717, 1.165) is 42.6 Å². The topological polar surface area (TPSA) is 83.8 Å². The van der Waals surface area contributed by atoms with Gasteiger partial charge in [0.25, 0.3) is 0 Å². The summed E-state index contributed by atoms with van der Waals surface area (Å²) < 4.78 is 7.87. The molecule has 2 amide bonds. The van der Waals surface area contributed by atoms with Gasteiger partial charge >= 0.3 is 6.09 Å². The van der Waals surface area contributed by atoms with E-state index < -0.39 is 17.7 Å². The molecule has 2 aliphatic carbocycles. The van der Waals surface area contributed by atoms with Gasteiger partial charge in [-0.3, -0.25) is 19.6 Å². The molecule has 9 nitrogen and oxygen atoms in total. The molecular weight excluding hydrogens is 576 g/mol. The fraction of sp³-hybridized carbons (Fsp3) is 0.529. The van der Waals surface area contributed by atoms with Gasteiger partial charge in [-0.2, -0.15) is 0 Å². The van der Waals surface area contributed by atoms with Crippen LogP contribution in [0, 0.1) is 12.8 Å². The molecule has 3 aromatic rings. The van der Waals surface area contributed by atoms with E-state index in [9.17, 15) is 9.59 Å². The van der Waals surface area contributed by atoms with E-state index in [4.69, 9.17) is 21.3 Å². The predicted molar refractivity (Wildman–Crippen MR) is 170 cm³/mol. The number of imidazole rings is 1. The molecule has 2 fully saturated rings. The minimum absolute atomic E-state index is 0.0320. The van der Waals surface area contributed by atoms with Crippen LogP contribution in [0.3, 0.4) is 0 Å². The van der Waals surface area contributed by atoms with Crippen LogP contribution in [0.5, 0.6) is 0 Å². The number of nitrogens with zero attached hydrogens (tertiary/aromatic N) is 6. The highest BCUT2D eigenvalue weighted by molar-refractivity contribution is 6.30. The summed E-state index contributed by atoms with van der Waals surface area (Å²) in [6.45, 7) is 10.8. The van der Waals surface area contributed by atoms with Gasteiger partial charge in [-0.15, -0.1) is 0 Å².